The van der Waals surface area contributed by atoms with Gasteiger partial charge in [-0.3, -0.25) is 19.8 Å². The van der Waals surface area contributed by atoms with Gasteiger partial charge in [0.25, 0.3) is 0 Å². The van der Waals surface area contributed by atoms with Gasteiger partial charge in [-0.1, -0.05) is 0 Å². The van der Waals surface area contributed by atoms with Gasteiger partial charge < -0.3 is 39.4 Å². The second kappa shape index (κ2) is 16.5. The Balaban J connectivity index is 1.04. The van der Waals surface area contributed by atoms with Crippen molar-refractivity contribution < 1.29 is 39.4 Å². The summed E-state index contributed by atoms with van der Waals surface area (Å²) in [7, 11) is 3.30. The van der Waals surface area contributed by atoms with Gasteiger partial charge in [-0.2, -0.15) is 0 Å². The molecule has 0 aliphatic carbocycles. The van der Waals surface area contributed by atoms with Gasteiger partial charge in [-0.25, -0.2) is 0 Å². The summed E-state index contributed by atoms with van der Waals surface area (Å²) in [5.41, 5.74) is 3.55. The van der Waals surface area contributed by atoms with Crippen molar-refractivity contribution in [2.45, 2.75) is 62.2 Å². The zero-order valence-electron chi connectivity index (χ0n) is 32.9. The molecule has 0 saturated carbocycles. The van der Waals surface area contributed by atoms with E-state index in [0.717, 1.165) is 83.2 Å². The van der Waals surface area contributed by atoms with Crippen LogP contribution in [-0.4, -0.2) is 128 Å². The lowest BCUT2D eigenvalue weighted by atomic mass is 9.71. The van der Waals surface area contributed by atoms with Gasteiger partial charge in [-0.05, 0) is 99.1 Å². The molecule has 14 nitrogen and oxygen atoms in total. The molecular weight excluding hydrogens is 741 g/mol. The largest absolute Gasteiger partial charge is 0.497 e. The van der Waals surface area contributed by atoms with Crippen LogP contribution < -0.4 is 18.9 Å². The van der Waals surface area contributed by atoms with Crippen LogP contribution in [0.2, 0.25) is 0 Å². The van der Waals surface area contributed by atoms with Crippen molar-refractivity contribution in [2.24, 2.45) is 23.7 Å². The maximum absolute atomic E-state index is 10.7. The molecule has 58 heavy (non-hydrogen) atoms. The highest BCUT2D eigenvalue weighted by Crippen LogP contribution is 2.46. The maximum atomic E-state index is 10.7. The van der Waals surface area contributed by atoms with E-state index in [1.54, 1.807) is 38.7 Å². The molecule has 11 rings (SSSR count). The smallest absolute Gasteiger partial charge is 0.234 e. The molecule has 3 aromatic heterocycles. The number of benzene rings is 2. The maximum Gasteiger partial charge on any atom is 0.234 e. The van der Waals surface area contributed by atoms with Gasteiger partial charge in [0.2, 0.25) is 11.8 Å². The van der Waals surface area contributed by atoms with E-state index in [2.05, 4.69) is 30.0 Å². The normalized spacial score (nSPS) is 28.5. The summed E-state index contributed by atoms with van der Waals surface area (Å²) in [5.74, 6) is 2.59. The fraction of sp³-hybridized carbons (Fsp3) is 0.500. The van der Waals surface area contributed by atoms with Crippen molar-refractivity contribution in [2.75, 3.05) is 53.6 Å². The Morgan fingerprint density at radius 2 is 1.09 bits per heavy atom. The highest BCUT2D eigenvalue weighted by Gasteiger charge is 2.48. The molecule has 5 aromatic rings. The van der Waals surface area contributed by atoms with Gasteiger partial charge in [0.05, 0.1) is 62.8 Å². The number of aliphatic hydroxyl groups excluding tert-OH is 4. The Kier molecular flexibility index (Phi) is 11.0. The number of hydrogen-bond acceptors (Lipinski definition) is 14. The fourth-order valence-electron chi connectivity index (χ4n) is 10.4. The molecule has 6 aliphatic rings. The van der Waals surface area contributed by atoms with Crippen LogP contribution in [0, 0.1) is 23.7 Å². The highest BCUT2D eigenvalue weighted by atomic mass is 16.5. The van der Waals surface area contributed by atoms with E-state index in [1.807, 2.05) is 48.5 Å². The van der Waals surface area contributed by atoms with Crippen LogP contribution in [0.15, 0.2) is 73.1 Å². The SMILES string of the molecule is COc1ccc2nccc([C@@H](Oc3ccc(O[C@H](c4ccnc5ccc(OC)cc45)[C@@H]4CC5CCN4CC5C(O)CO)nn3)C3C[C@H]4CCN3CC4C(O)CO)c2c1. The molecule has 6 saturated heterocycles. The van der Waals surface area contributed by atoms with Crippen LogP contribution in [-0.2, 0) is 0 Å². The number of rotatable bonds is 14. The third-order valence-corrected chi connectivity index (χ3v) is 13.5. The van der Waals surface area contributed by atoms with Crippen LogP contribution in [0.3, 0.4) is 0 Å². The Labute approximate surface area is 337 Å². The molecule has 9 heterocycles. The van der Waals surface area contributed by atoms with E-state index in [1.165, 1.54) is 0 Å². The number of hydrogen-bond donors (Lipinski definition) is 4. The number of aliphatic hydroxyl groups is 4. The van der Waals surface area contributed by atoms with Gasteiger partial charge in [0.1, 0.15) is 23.7 Å². The molecule has 0 amide bonds. The van der Waals surface area contributed by atoms with Crippen LogP contribution in [0.1, 0.15) is 49.0 Å². The first kappa shape index (κ1) is 38.8. The molecule has 6 aliphatic heterocycles. The van der Waals surface area contributed by atoms with Crippen LogP contribution >= 0.6 is 0 Å². The first-order valence-corrected chi connectivity index (χ1v) is 20.4. The summed E-state index contributed by atoms with van der Waals surface area (Å²) in [6.45, 7) is 2.55. The summed E-state index contributed by atoms with van der Waals surface area (Å²) in [5, 5.41) is 52.1. The fourth-order valence-corrected chi connectivity index (χ4v) is 10.4. The molecule has 4 bridgehead atoms. The Bertz CT molecular complexity index is 2060. The van der Waals surface area contributed by atoms with E-state index >= 15 is 0 Å². The van der Waals surface area contributed by atoms with Gasteiger partial charge in [0, 0.05) is 71.4 Å². The Morgan fingerprint density at radius 3 is 1.45 bits per heavy atom. The van der Waals surface area contributed by atoms with Crippen molar-refractivity contribution in [1.29, 1.82) is 0 Å². The van der Waals surface area contributed by atoms with Crippen molar-refractivity contribution in [3.8, 4) is 23.3 Å². The lowest BCUT2D eigenvalue weighted by Gasteiger charge is -2.52. The summed E-state index contributed by atoms with van der Waals surface area (Å²) >= 11 is 0. The second-order valence-electron chi connectivity index (χ2n) is 16.4. The predicted octanol–water partition coefficient (Wildman–Crippen LogP) is 3.96. The number of methoxy groups -OCH3 is 2. The van der Waals surface area contributed by atoms with Gasteiger partial charge >= 0.3 is 0 Å². The molecule has 6 fully saturated rings. The average Bonchev–Trinajstić information content (AvgIpc) is 3.29. The van der Waals surface area contributed by atoms with E-state index in [9.17, 15) is 20.4 Å². The number of pyridine rings is 2. The Hall–Kier alpha value is -4.70. The molecule has 0 radical (unpaired) electrons. The molecule has 2 aromatic carbocycles. The van der Waals surface area contributed by atoms with Crippen molar-refractivity contribution in [3.05, 3.63) is 84.2 Å². The average molecular weight is 793 g/mol. The van der Waals surface area contributed by atoms with E-state index < -0.39 is 24.4 Å². The summed E-state index contributed by atoms with van der Waals surface area (Å²) in [6, 6.07) is 19.2. The number of aromatic nitrogens is 4. The summed E-state index contributed by atoms with van der Waals surface area (Å²) in [4.78, 5) is 14.0. The third-order valence-electron chi connectivity index (χ3n) is 13.5. The van der Waals surface area contributed by atoms with Crippen LogP contribution in [0.25, 0.3) is 21.8 Å². The minimum atomic E-state index is -0.761. The quantitative estimate of drug-likeness (QED) is 0.127. The zero-order valence-corrected chi connectivity index (χ0v) is 32.9. The lowest BCUT2D eigenvalue weighted by molar-refractivity contribution is -0.0939. The second-order valence-corrected chi connectivity index (χ2v) is 16.4. The van der Waals surface area contributed by atoms with Crippen LogP contribution in [0.5, 0.6) is 23.3 Å². The summed E-state index contributed by atoms with van der Waals surface area (Å²) in [6.07, 6.45) is 4.65. The lowest BCUT2D eigenvalue weighted by Crippen LogP contribution is -2.58. The highest BCUT2D eigenvalue weighted by molar-refractivity contribution is 5.85. The molecular formula is C44H52N6O8. The first-order chi connectivity index (χ1) is 28.3. The molecule has 4 N–H and O–H groups in total. The van der Waals surface area contributed by atoms with E-state index in [-0.39, 0.29) is 49.0 Å². The molecule has 8 unspecified atom stereocenters. The molecule has 306 valence electrons. The van der Waals surface area contributed by atoms with Crippen molar-refractivity contribution >= 4 is 21.8 Å². The minimum Gasteiger partial charge on any atom is -0.497 e. The molecule has 14 heteroatoms. The number of ether oxygens (including phenoxy) is 4. The van der Waals surface area contributed by atoms with Crippen molar-refractivity contribution in [1.82, 2.24) is 30.0 Å². The molecule has 12 atom stereocenters. The van der Waals surface area contributed by atoms with Gasteiger partial charge in [0.15, 0.2) is 0 Å². The monoisotopic (exact) mass is 792 g/mol. The summed E-state index contributed by atoms with van der Waals surface area (Å²) < 4.78 is 25.0. The van der Waals surface area contributed by atoms with E-state index in [4.69, 9.17) is 18.9 Å². The topological polar surface area (TPSA) is 176 Å². The van der Waals surface area contributed by atoms with Crippen molar-refractivity contribution in [3.63, 3.8) is 0 Å². The number of piperidine rings is 6. The van der Waals surface area contributed by atoms with E-state index in [0.29, 0.717) is 24.8 Å². The first-order valence-electron chi connectivity index (χ1n) is 20.4. The molecule has 0 spiro atoms. The van der Waals surface area contributed by atoms with Gasteiger partial charge in [-0.15, -0.1) is 10.2 Å². The Morgan fingerprint density at radius 1 is 0.638 bits per heavy atom. The standard InChI is InChI=1S/C44H52N6O8/c1-55-27-3-5-35-31(19-27)29(9-13-45-35)43(37-17-25-11-15-49(37)21-33(25)39(53)23-51)57-41-7-8-42(48-47-41)58-44(30-10-14-46-36-6-4-28(56-2)20-32(30)36)38-18-26-12-16-50(38)22-34(26)40(54)24-52/h3-10,13-14,19-20,25-26,33-34,37-40,43-44,51-54H,11-12,15-18,21-24H2,1-2H3/t25-,26?,33?,34?,37?,38+,39?,40?,43-,44-/m1/s1. The predicted molar refractivity (Wildman–Crippen MR) is 215 cm³/mol. The minimum absolute atomic E-state index is 0.00552. The number of fused-ring (bicyclic) bond motifs is 8. The zero-order chi connectivity index (χ0) is 39.9. The number of nitrogens with zero attached hydrogens (tertiary/aromatic N) is 6. The van der Waals surface area contributed by atoms with Crippen LogP contribution in [0.4, 0.5) is 0 Å². The third kappa shape index (κ3) is 7.30.